The Kier molecular flexibility index (Phi) is 5.49. The van der Waals surface area contributed by atoms with Gasteiger partial charge in [0.15, 0.2) is 0 Å². The highest BCUT2D eigenvalue weighted by Gasteiger charge is 2.31. The van der Waals surface area contributed by atoms with Crippen molar-refractivity contribution in [3.05, 3.63) is 22.7 Å². The Bertz CT molecular complexity index is 494. The third-order valence-electron chi connectivity index (χ3n) is 2.21. The van der Waals surface area contributed by atoms with Gasteiger partial charge in [-0.15, -0.1) is 13.2 Å². The number of benzene rings is 1. The molecule has 0 aliphatic carbocycles. The van der Waals surface area contributed by atoms with Crippen LogP contribution in [0.1, 0.15) is 13.3 Å². The summed E-state index contributed by atoms with van der Waals surface area (Å²) in [5, 5.41) is 14.3. The van der Waals surface area contributed by atoms with Gasteiger partial charge in [0.1, 0.15) is 11.6 Å². The van der Waals surface area contributed by atoms with Gasteiger partial charge in [0, 0.05) is 18.2 Å². The van der Waals surface area contributed by atoms with Gasteiger partial charge in [-0.25, -0.2) is 0 Å². The zero-order valence-corrected chi connectivity index (χ0v) is 12.0. The van der Waals surface area contributed by atoms with Gasteiger partial charge < -0.3 is 21.0 Å². The van der Waals surface area contributed by atoms with Crippen molar-refractivity contribution in [1.82, 2.24) is 0 Å². The number of anilines is 1. The highest BCUT2D eigenvalue weighted by Crippen LogP contribution is 2.32. The van der Waals surface area contributed by atoms with Gasteiger partial charge in [-0.2, -0.15) is 0 Å². The maximum absolute atomic E-state index is 12.1. The van der Waals surface area contributed by atoms with Crippen LogP contribution in [0.2, 0.25) is 0 Å². The number of hydrogen-bond acceptors (Lipinski definition) is 4. The molecule has 0 saturated carbocycles. The predicted octanol–water partition coefficient (Wildman–Crippen LogP) is 3.28. The Labute approximate surface area is 121 Å². The van der Waals surface area contributed by atoms with Gasteiger partial charge in [0.05, 0.1) is 4.47 Å². The number of nitrogens with zero attached hydrogens (tertiary/aromatic N) is 1. The average molecular weight is 356 g/mol. The molecule has 0 fully saturated rings. The Hall–Kier alpha value is -1.64. The third kappa shape index (κ3) is 5.55. The molecule has 0 saturated heterocycles. The molecule has 0 radical (unpaired) electrons. The topological polar surface area (TPSA) is 79.9 Å². The summed E-state index contributed by atoms with van der Waals surface area (Å²) in [7, 11) is 0. The molecule has 4 N–H and O–H groups in total. The summed E-state index contributed by atoms with van der Waals surface area (Å²) >= 11 is 3.00. The fraction of sp³-hybridized carbons (Fsp3) is 0.364. The van der Waals surface area contributed by atoms with E-state index >= 15 is 0 Å². The fourth-order valence-corrected chi connectivity index (χ4v) is 1.95. The number of amidine groups is 1. The number of halogens is 4. The summed E-state index contributed by atoms with van der Waals surface area (Å²) in [5.41, 5.74) is 5.93. The zero-order chi connectivity index (χ0) is 15.3. The first-order chi connectivity index (χ1) is 9.21. The van der Waals surface area contributed by atoms with Crippen molar-refractivity contribution in [2.45, 2.75) is 25.7 Å². The molecule has 1 atom stereocenters. The molecule has 0 heterocycles. The number of nitrogens with two attached hydrogens (primary N) is 1. The molecule has 112 valence electrons. The van der Waals surface area contributed by atoms with Crippen molar-refractivity contribution >= 4 is 27.5 Å². The number of ether oxygens (including phenoxy) is 1. The van der Waals surface area contributed by atoms with Crippen molar-refractivity contribution in [3.8, 4) is 5.75 Å². The molecular formula is C11H13BrF3N3O2. The van der Waals surface area contributed by atoms with E-state index in [9.17, 15) is 13.2 Å². The highest BCUT2D eigenvalue weighted by molar-refractivity contribution is 9.10. The molecule has 1 aromatic carbocycles. The average Bonchev–Trinajstić information content (AvgIpc) is 2.31. The Balaban J connectivity index is 2.72. The summed E-state index contributed by atoms with van der Waals surface area (Å²) in [5.74, 6) is -0.270. The second-order valence-electron chi connectivity index (χ2n) is 4.03. The molecule has 0 aromatic heterocycles. The number of rotatable bonds is 5. The minimum atomic E-state index is -4.74. The van der Waals surface area contributed by atoms with Crippen LogP contribution in [0.15, 0.2) is 27.8 Å². The van der Waals surface area contributed by atoms with Crippen LogP contribution in [0, 0.1) is 0 Å². The molecule has 1 rings (SSSR count). The maximum atomic E-state index is 12.1. The van der Waals surface area contributed by atoms with E-state index < -0.39 is 6.36 Å². The maximum Gasteiger partial charge on any atom is 0.573 e. The Morgan fingerprint density at radius 3 is 2.70 bits per heavy atom. The molecule has 0 aliphatic heterocycles. The van der Waals surface area contributed by atoms with E-state index in [1.165, 1.54) is 18.2 Å². The van der Waals surface area contributed by atoms with Gasteiger partial charge in [-0.3, -0.25) is 0 Å². The molecule has 0 bridgehead atoms. The van der Waals surface area contributed by atoms with E-state index in [-0.39, 0.29) is 28.5 Å². The van der Waals surface area contributed by atoms with E-state index in [2.05, 4.69) is 31.1 Å². The van der Waals surface area contributed by atoms with Gasteiger partial charge in [-0.1, -0.05) is 5.16 Å². The summed E-state index contributed by atoms with van der Waals surface area (Å²) in [6, 6.07) is 3.92. The first-order valence-corrected chi connectivity index (χ1v) is 6.29. The monoisotopic (exact) mass is 355 g/mol. The number of hydrogen-bond donors (Lipinski definition) is 3. The number of alkyl halides is 3. The van der Waals surface area contributed by atoms with E-state index in [0.717, 1.165) is 0 Å². The van der Waals surface area contributed by atoms with Gasteiger partial charge >= 0.3 is 6.36 Å². The lowest BCUT2D eigenvalue weighted by atomic mass is 10.2. The Morgan fingerprint density at radius 2 is 2.20 bits per heavy atom. The molecule has 0 amide bonds. The van der Waals surface area contributed by atoms with E-state index in [0.29, 0.717) is 5.69 Å². The third-order valence-corrected chi connectivity index (χ3v) is 2.83. The van der Waals surface area contributed by atoms with Gasteiger partial charge in [-0.05, 0) is 41.1 Å². The molecule has 9 heteroatoms. The van der Waals surface area contributed by atoms with Crippen LogP contribution in [-0.2, 0) is 0 Å². The second kappa shape index (κ2) is 6.69. The molecule has 5 nitrogen and oxygen atoms in total. The van der Waals surface area contributed by atoms with Gasteiger partial charge in [0.25, 0.3) is 0 Å². The lowest BCUT2D eigenvalue weighted by molar-refractivity contribution is -0.274. The van der Waals surface area contributed by atoms with Crippen LogP contribution in [0.25, 0.3) is 0 Å². The van der Waals surface area contributed by atoms with Crippen molar-refractivity contribution in [2.24, 2.45) is 10.9 Å². The van der Waals surface area contributed by atoms with Crippen molar-refractivity contribution in [3.63, 3.8) is 0 Å². The van der Waals surface area contributed by atoms with Gasteiger partial charge in [0.2, 0.25) is 0 Å². The minimum Gasteiger partial charge on any atom is -0.409 e. The molecule has 0 aliphatic rings. The van der Waals surface area contributed by atoms with E-state index in [1.807, 2.05) is 0 Å². The van der Waals surface area contributed by atoms with Crippen LogP contribution in [0.4, 0.5) is 18.9 Å². The molecule has 20 heavy (non-hydrogen) atoms. The summed E-state index contributed by atoms with van der Waals surface area (Å²) in [4.78, 5) is 0. The SMILES string of the molecule is CC(C/C(N)=N/O)Nc1ccc(OC(F)(F)F)c(Br)c1. The summed E-state index contributed by atoms with van der Waals surface area (Å²) < 4.78 is 40.3. The lowest BCUT2D eigenvalue weighted by Crippen LogP contribution is -2.24. The first-order valence-electron chi connectivity index (χ1n) is 5.49. The van der Waals surface area contributed by atoms with Crippen molar-refractivity contribution < 1.29 is 23.1 Å². The minimum absolute atomic E-state index is 0.0566. The molecule has 1 unspecified atom stereocenters. The highest BCUT2D eigenvalue weighted by atomic mass is 79.9. The normalized spacial score (nSPS) is 13.9. The molecular weight excluding hydrogens is 343 g/mol. The predicted molar refractivity (Wildman–Crippen MR) is 71.9 cm³/mol. The van der Waals surface area contributed by atoms with Crippen LogP contribution in [-0.4, -0.2) is 23.4 Å². The van der Waals surface area contributed by atoms with Crippen molar-refractivity contribution in [2.75, 3.05) is 5.32 Å². The molecule has 1 aromatic rings. The smallest absolute Gasteiger partial charge is 0.409 e. The second-order valence-corrected chi connectivity index (χ2v) is 4.89. The number of oxime groups is 1. The summed E-state index contributed by atoms with van der Waals surface area (Å²) in [6.07, 6.45) is -4.45. The van der Waals surface area contributed by atoms with Crippen LogP contribution >= 0.6 is 15.9 Å². The van der Waals surface area contributed by atoms with Crippen LogP contribution in [0.5, 0.6) is 5.75 Å². The Morgan fingerprint density at radius 1 is 1.55 bits per heavy atom. The molecule has 0 spiro atoms. The van der Waals surface area contributed by atoms with E-state index in [1.54, 1.807) is 6.92 Å². The fourth-order valence-electron chi connectivity index (χ4n) is 1.49. The van der Waals surface area contributed by atoms with Crippen molar-refractivity contribution in [1.29, 1.82) is 0 Å². The first kappa shape index (κ1) is 16.4. The summed E-state index contributed by atoms with van der Waals surface area (Å²) in [6.45, 7) is 1.78. The van der Waals surface area contributed by atoms with Crippen LogP contribution < -0.4 is 15.8 Å². The van der Waals surface area contributed by atoms with Crippen LogP contribution in [0.3, 0.4) is 0 Å². The quantitative estimate of drug-likeness (QED) is 0.327. The number of nitrogens with one attached hydrogen (secondary N) is 1. The lowest BCUT2D eigenvalue weighted by Gasteiger charge is -2.16. The largest absolute Gasteiger partial charge is 0.573 e. The standard InChI is InChI=1S/C11H13BrF3N3O2/c1-6(4-10(16)18-19)17-7-2-3-9(8(12)5-7)20-11(13,14)15/h2-3,5-6,17,19H,4H2,1H3,(H2,16,18). The zero-order valence-electron chi connectivity index (χ0n) is 10.4. The van der Waals surface area contributed by atoms with E-state index in [4.69, 9.17) is 10.9 Å².